The van der Waals surface area contributed by atoms with Crippen molar-refractivity contribution >= 4 is 18.0 Å². The van der Waals surface area contributed by atoms with Gasteiger partial charge in [-0.15, -0.1) is 10.2 Å². The average molecular weight is 285 g/mol. The standard InChI is InChI=1S/C10H15N5O5/c1-15-5-12-14-7(15)4-11-10(20)13-6(9(18)19)2-3-8(16)17/h5-6H,2-4H2,1H3,(H,16,17)(H,18,19)(H2,11,13,20)/t6-/m0/s1. The molecule has 0 unspecified atom stereocenters. The molecule has 0 fully saturated rings. The second-order valence-corrected chi connectivity index (χ2v) is 4.01. The Labute approximate surface area is 113 Å². The first kappa shape index (κ1) is 15.4. The molecule has 20 heavy (non-hydrogen) atoms. The van der Waals surface area contributed by atoms with Crippen LogP contribution in [0, 0.1) is 0 Å². The number of carboxylic acids is 2. The lowest BCUT2D eigenvalue weighted by atomic mass is 10.1. The van der Waals surface area contributed by atoms with Crippen molar-refractivity contribution in [1.29, 1.82) is 0 Å². The zero-order chi connectivity index (χ0) is 15.1. The third-order valence-electron chi connectivity index (χ3n) is 2.46. The molecular weight excluding hydrogens is 270 g/mol. The first-order valence-corrected chi connectivity index (χ1v) is 5.72. The summed E-state index contributed by atoms with van der Waals surface area (Å²) in [6, 6.07) is -1.98. The summed E-state index contributed by atoms with van der Waals surface area (Å²) >= 11 is 0. The highest BCUT2D eigenvalue weighted by atomic mass is 16.4. The van der Waals surface area contributed by atoms with Gasteiger partial charge < -0.3 is 25.4 Å². The molecule has 1 rings (SSSR count). The lowest BCUT2D eigenvalue weighted by Crippen LogP contribution is -2.46. The Kier molecular flexibility index (Phi) is 5.44. The van der Waals surface area contributed by atoms with Crippen LogP contribution in [0.1, 0.15) is 18.7 Å². The number of hydrogen-bond donors (Lipinski definition) is 4. The monoisotopic (exact) mass is 285 g/mol. The summed E-state index contributed by atoms with van der Waals surface area (Å²) in [5.41, 5.74) is 0. The molecule has 0 radical (unpaired) electrons. The largest absolute Gasteiger partial charge is 0.481 e. The minimum atomic E-state index is -1.29. The van der Waals surface area contributed by atoms with Gasteiger partial charge in [-0.25, -0.2) is 9.59 Å². The van der Waals surface area contributed by atoms with Crippen molar-refractivity contribution in [1.82, 2.24) is 25.4 Å². The molecule has 1 aromatic heterocycles. The third-order valence-corrected chi connectivity index (χ3v) is 2.46. The SMILES string of the molecule is Cn1cnnc1CNC(=O)N[C@@H](CCC(=O)O)C(=O)O. The van der Waals surface area contributed by atoms with Gasteiger partial charge in [-0.3, -0.25) is 4.79 Å². The van der Waals surface area contributed by atoms with E-state index >= 15 is 0 Å². The minimum Gasteiger partial charge on any atom is -0.481 e. The Bertz CT molecular complexity index is 500. The number of carboxylic acid groups (broad SMARTS) is 2. The molecule has 10 heteroatoms. The maximum atomic E-state index is 11.5. The van der Waals surface area contributed by atoms with Crippen molar-refractivity contribution < 1.29 is 24.6 Å². The number of nitrogens with zero attached hydrogens (tertiary/aromatic N) is 3. The molecule has 0 aliphatic heterocycles. The number of rotatable bonds is 7. The highest BCUT2D eigenvalue weighted by molar-refractivity contribution is 5.82. The van der Waals surface area contributed by atoms with Crippen LogP contribution in [0.25, 0.3) is 0 Å². The second-order valence-electron chi connectivity index (χ2n) is 4.01. The fraction of sp³-hybridized carbons (Fsp3) is 0.500. The van der Waals surface area contributed by atoms with E-state index in [0.717, 1.165) is 0 Å². The van der Waals surface area contributed by atoms with Gasteiger partial charge in [0.05, 0.1) is 6.54 Å². The first-order chi connectivity index (χ1) is 9.40. The Hall–Kier alpha value is -2.65. The summed E-state index contributed by atoms with van der Waals surface area (Å²) < 4.78 is 1.60. The summed E-state index contributed by atoms with van der Waals surface area (Å²) in [5, 5.41) is 29.3. The van der Waals surface area contributed by atoms with Crippen LogP contribution in [0.2, 0.25) is 0 Å². The molecular formula is C10H15N5O5. The van der Waals surface area contributed by atoms with Crippen LogP contribution in [0.4, 0.5) is 4.79 Å². The van der Waals surface area contributed by atoms with Crippen molar-refractivity contribution in [2.75, 3.05) is 0 Å². The van der Waals surface area contributed by atoms with E-state index in [9.17, 15) is 14.4 Å². The van der Waals surface area contributed by atoms with Crippen LogP contribution in [0.15, 0.2) is 6.33 Å². The van der Waals surface area contributed by atoms with Gasteiger partial charge in [0.2, 0.25) is 0 Å². The molecule has 0 aliphatic rings. The Morgan fingerprint density at radius 1 is 1.40 bits per heavy atom. The Morgan fingerprint density at radius 3 is 2.60 bits per heavy atom. The lowest BCUT2D eigenvalue weighted by molar-refractivity contribution is -0.140. The lowest BCUT2D eigenvalue weighted by Gasteiger charge is -2.14. The molecule has 2 amide bonds. The van der Waals surface area contributed by atoms with Gasteiger partial charge >= 0.3 is 18.0 Å². The van der Waals surface area contributed by atoms with Gasteiger partial charge in [-0.1, -0.05) is 0 Å². The molecule has 10 nitrogen and oxygen atoms in total. The van der Waals surface area contributed by atoms with E-state index in [2.05, 4.69) is 20.8 Å². The molecule has 0 aliphatic carbocycles. The minimum absolute atomic E-state index is 0.0770. The van der Waals surface area contributed by atoms with E-state index < -0.39 is 24.0 Å². The Balaban J connectivity index is 2.43. The van der Waals surface area contributed by atoms with E-state index in [1.165, 1.54) is 6.33 Å². The summed E-state index contributed by atoms with van der Waals surface area (Å²) in [6.45, 7) is 0.0770. The van der Waals surface area contributed by atoms with Crippen LogP contribution in [0.5, 0.6) is 0 Å². The number of carbonyl (C=O) groups excluding carboxylic acids is 1. The summed E-state index contributed by atoms with van der Waals surface area (Å²) in [5.74, 6) is -1.92. The zero-order valence-electron chi connectivity index (χ0n) is 10.7. The van der Waals surface area contributed by atoms with Gasteiger partial charge in [-0.2, -0.15) is 0 Å². The summed E-state index contributed by atoms with van der Waals surface area (Å²) in [6.07, 6.45) is 0.921. The maximum absolute atomic E-state index is 11.5. The highest BCUT2D eigenvalue weighted by Crippen LogP contribution is 1.98. The first-order valence-electron chi connectivity index (χ1n) is 5.72. The van der Waals surface area contributed by atoms with E-state index in [1.54, 1.807) is 11.6 Å². The van der Waals surface area contributed by atoms with Gasteiger partial charge in [0.1, 0.15) is 12.4 Å². The molecule has 1 atom stereocenters. The average Bonchev–Trinajstić information content (AvgIpc) is 2.77. The number of aryl methyl sites for hydroxylation is 1. The number of carbonyl (C=O) groups is 3. The van der Waals surface area contributed by atoms with Gasteiger partial charge in [-0.05, 0) is 6.42 Å². The Morgan fingerprint density at radius 2 is 2.10 bits per heavy atom. The molecule has 0 bridgehead atoms. The number of aromatic nitrogens is 3. The smallest absolute Gasteiger partial charge is 0.326 e. The normalized spacial score (nSPS) is 11.7. The third kappa shape index (κ3) is 4.92. The molecule has 110 valence electrons. The molecule has 0 saturated carbocycles. The quantitative estimate of drug-likeness (QED) is 0.499. The molecule has 4 N–H and O–H groups in total. The number of aliphatic carboxylic acids is 2. The molecule has 0 spiro atoms. The van der Waals surface area contributed by atoms with Crippen molar-refractivity contribution in [2.24, 2.45) is 7.05 Å². The van der Waals surface area contributed by atoms with Crippen LogP contribution < -0.4 is 10.6 Å². The van der Waals surface area contributed by atoms with Crippen LogP contribution in [-0.4, -0.2) is 49.0 Å². The predicted octanol–water partition coefficient (Wildman–Crippen LogP) is -1.07. The van der Waals surface area contributed by atoms with Gasteiger partial charge in [0, 0.05) is 13.5 Å². The molecule has 1 aromatic rings. The number of nitrogens with one attached hydrogen (secondary N) is 2. The fourth-order valence-electron chi connectivity index (χ4n) is 1.36. The number of amides is 2. The molecule has 1 heterocycles. The highest BCUT2D eigenvalue weighted by Gasteiger charge is 2.20. The van der Waals surface area contributed by atoms with Crippen molar-refractivity contribution in [3.8, 4) is 0 Å². The second kappa shape index (κ2) is 7.07. The van der Waals surface area contributed by atoms with E-state index in [-0.39, 0.29) is 19.4 Å². The van der Waals surface area contributed by atoms with Crippen LogP contribution >= 0.6 is 0 Å². The predicted molar refractivity (Wildman–Crippen MR) is 64.7 cm³/mol. The summed E-state index contributed by atoms with van der Waals surface area (Å²) in [7, 11) is 1.70. The van der Waals surface area contributed by atoms with Gasteiger partial charge in [0.15, 0.2) is 5.82 Å². The van der Waals surface area contributed by atoms with E-state index in [4.69, 9.17) is 10.2 Å². The zero-order valence-corrected chi connectivity index (χ0v) is 10.7. The van der Waals surface area contributed by atoms with Crippen molar-refractivity contribution in [2.45, 2.75) is 25.4 Å². The number of hydrogen-bond acceptors (Lipinski definition) is 5. The van der Waals surface area contributed by atoms with Crippen LogP contribution in [0.3, 0.4) is 0 Å². The van der Waals surface area contributed by atoms with Crippen LogP contribution in [-0.2, 0) is 23.2 Å². The number of urea groups is 1. The van der Waals surface area contributed by atoms with Crippen molar-refractivity contribution in [3.63, 3.8) is 0 Å². The van der Waals surface area contributed by atoms with Crippen molar-refractivity contribution in [3.05, 3.63) is 12.2 Å². The fourth-order valence-corrected chi connectivity index (χ4v) is 1.36. The topological polar surface area (TPSA) is 146 Å². The maximum Gasteiger partial charge on any atom is 0.326 e. The molecule has 0 aromatic carbocycles. The summed E-state index contributed by atoms with van der Waals surface area (Å²) in [4.78, 5) is 32.8. The van der Waals surface area contributed by atoms with Gasteiger partial charge in [0.25, 0.3) is 0 Å². The van der Waals surface area contributed by atoms with E-state index in [1.807, 2.05) is 0 Å². The van der Waals surface area contributed by atoms with E-state index in [0.29, 0.717) is 5.82 Å². The molecule has 0 saturated heterocycles.